The maximum atomic E-state index is 12.8. The third kappa shape index (κ3) is 4.23. The van der Waals surface area contributed by atoms with Gasteiger partial charge >= 0.3 is 6.03 Å². The summed E-state index contributed by atoms with van der Waals surface area (Å²) in [5.41, 5.74) is 2.58. The quantitative estimate of drug-likeness (QED) is 0.624. The van der Waals surface area contributed by atoms with E-state index in [-0.39, 0.29) is 11.9 Å². The predicted octanol–water partition coefficient (Wildman–Crippen LogP) is 3.82. The molecule has 2 amide bonds. The number of hydrogen-bond donors (Lipinski definition) is 1. The van der Waals surface area contributed by atoms with Crippen molar-refractivity contribution >= 4 is 34.6 Å². The first-order valence-corrected chi connectivity index (χ1v) is 10.9. The number of carbonyl (C=O) groups is 1. The highest BCUT2D eigenvalue weighted by atomic mass is 32.2. The first kappa shape index (κ1) is 19.7. The zero-order chi connectivity index (χ0) is 20.2. The fraction of sp³-hybridized carbons (Fsp3) is 0.381. The van der Waals surface area contributed by atoms with Crippen LogP contribution in [0.4, 0.5) is 10.5 Å². The van der Waals surface area contributed by atoms with Gasteiger partial charge in [0.2, 0.25) is 0 Å². The van der Waals surface area contributed by atoms with Crippen LogP contribution in [0.25, 0.3) is 11.2 Å². The molecule has 3 aromatic rings. The molecule has 1 aromatic carbocycles. The average Bonchev–Trinajstić information content (AvgIpc) is 3.37. The third-order valence-corrected chi connectivity index (χ3v) is 5.94. The van der Waals surface area contributed by atoms with E-state index in [1.54, 1.807) is 25.1 Å². The molecule has 8 heteroatoms. The van der Waals surface area contributed by atoms with Gasteiger partial charge in [-0.15, -0.1) is 11.8 Å². The molecule has 0 radical (unpaired) electrons. The Hall–Kier alpha value is -2.58. The molecule has 1 saturated heterocycles. The summed E-state index contributed by atoms with van der Waals surface area (Å²) in [7, 11) is 1.69. The Morgan fingerprint density at radius 2 is 2.24 bits per heavy atom. The van der Waals surface area contributed by atoms with Crippen LogP contribution >= 0.6 is 11.8 Å². The number of amides is 2. The van der Waals surface area contributed by atoms with Crippen LogP contribution in [0.5, 0.6) is 0 Å². The van der Waals surface area contributed by atoms with Gasteiger partial charge in [0.1, 0.15) is 11.3 Å². The van der Waals surface area contributed by atoms with Crippen LogP contribution in [0.1, 0.15) is 18.2 Å². The predicted molar refractivity (Wildman–Crippen MR) is 116 cm³/mol. The normalized spacial score (nSPS) is 16.5. The summed E-state index contributed by atoms with van der Waals surface area (Å²) < 4.78 is 7.41. The molecule has 152 valence electrons. The van der Waals surface area contributed by atoms with Gasteiger partial charge in [-0.25, -0.2) is 14.8 Å². The van der Waals surface area contributed by atoms with E-state index >= 15 is 0 Å². The molecule has 2 aromatic heterocycles. The zero-order valence-electron chi connectivity index (χ0n) is 16.7. The summed E-state index contributed by atoms with van der Waals surface area (Å²) >= 11 is 1.66. The number of rotatable bonds is 6. The molecular formula is C21H25N5O2S. The van der Waals surface area contributed by atoms with E-state index in [9.17, 15) is 4.79 Å². The summed E-state index contributed by atoms with van der Waals surface area (Å²) in [6.07, 6.45) is 4.69. The van der Waals surface area contributed by atoms with Crippen LogP contribution in [0.2, 0.25) is 0 Å². The number of pyridine rings is 1. The number of ether oxygens (including phenoxy) is 1. The van der Waals surface area contributed by atoms with Crippen molar-refractivity contribution in [3.63, 3.8) is 0 Å². The first-order chi connectivity index (χ1) is 14.2. The number of anilines is 1. The number of aromatic nitrogens is 3. The first-order valence-electron chi connectivity index (χ1n) is 9.69. The number of benzene rings is 1. The minimum Gasteiger partial charge on any atom is -0.383 e. The van der Waals surface area contributed by atoms with Gasteiger partial charge in [-0.2, -0.15) is 0 Å². The van der Waals surface area contributed by atoms with Gasteiger partial charge in [-0.05, 0) is 43.0 Å². The number of nitrogens with zero attached hydrogens (tertiary/aromatic N) is 4. The van der Waals surface area contributed by atoms with Gasteiger partial charge in [0.15, 0.2) is 5.65 Å². The molecule has 0 spiro atoms. The number of nitrogens with one attached hydrogen (secondary N) is 1. The van der Waals surface area contributed by atoms with Crippen molar-refractivity contribution in [2.45, 2.75) is 23.8 Å². The SMILES string of the molecule is COCCn1c([C@H]2CCN(C(=O)Nc3cccc(SC)c3)C2)nc2cccnc21. The van der Waals surface area contributed by atoms with Crippen LogP contribution in [0.3, 0.4) is 0 Å². The van der Waals surface area contributed by atoms with Crippen molar-refractivity contribution in [2.24, 2.45) is 0 Å². The molecule has 3 heterocycles. The number of imidazole rings is 1. The van der Waals surface area contributed by atoms with Crippen molar-refractivity contribution in [3.05, 3.63) is 48.4 Å². The lowest BCUT2D eigenvalue weighted by Gasteiger charge is -2.18. The molecule has 0 saturated carbocycles. The number of likely N-dealkylation sites (tertiary alicyclic amines) is 1. The van der Waals surface area contributed by atoms with Crippen molar-refractivity contribution in [2.75, 3.05) is 38.4 Å². The van der Waals surface area contributed by atoms with Crippen molar-refractivity contribution < 1.29 is 9.53 Å². The minimum absolute atomic E-state index is 0.0663. The number of thioether (sulfide) groups is 1. The average molecular weight is 412 g/mol. The lowest BCUT2D eigenvalue weighted by molar-refractivity contribution is 0.186. The summed E-state index contributed by atoms with van der Waals surface area (Å²) in [6.45, 7) is 2.64. The summed E-state index contributed by atoms with van der Waals surface area (Å²) in [4.78, 5) is 25.1. The third-order valence-electron chi connectivity index (χ3n) is 5.21. The maximum Gasteiger partial charge on any atom is 0.321 e. The number of methoxy groups -OCH3 is 1. The van der Waals surface area contributed by atoms with Crippen LogP contribution in [0.15, 0.2) is 47.5 Å². The van der Waals surface area contributed by atoms with E-state index in [2.05, 4.69) is 14.9 Å². The molecule has 29 heavy (non-hydrogen) atoms. The van der Waals surface area contributed by atoms with Gasteiger partial charge < -0.3 is 19.5 Å². The van der Waals surface area contributed by atoms with Crippen LogP contribution in [0, 0.1) is 0 Å². The molecule has 1 N–H and O–H groups in total. The molecule has 0 aliphatic carbocycles. The molecule has 1 atom stereocenters. The largest absolute Gasteiger partial charge is 0.383 e. The van der Waals surface area contributed by atoms with Gasteiger partial charge in [-0.3, -0.25) is 0 Å². The zero-order valence-corrected chi connectivity index (χ0v) is 17.5. The van der Waals surface area contributed by atoms with Crippen molar-refractivity contribution in [3.8, 4) is 0 Å². The lowest BCUT2D eigenvalue weighted by Crippen LogP contribution is -2.33. The molecule has 0 bridgehead atoms. The van der Waals surface area contributed by atoms with Gasteiger partial charge in [-0.1, -0.05) is 6.07 Å². The molecule has 0 unspecified atom stereocenters. The number of urea groups is 1. The van der Waals surface area contributed by atoms with Crippen LogP contribution < -0.4 is 5.32 Å². The highest BCUT2D eigenvalue weighted by Crippen LogP contribution is 2.29. The van der Waals surface area contributed by atoms with E-state index in [1.165, 1.54) is 0 Å². The van der Waals surface area contributed by atoms with Crippen molar-refractivity contribution in [1.82, 2.24) is 19.4 Å². The second kappa shape index (κ2) is 8.84. The number of hydrogen-bond acceptors (Lipinski definition) is 5. The lowest BCUT2D eigenvalue weighted by atomic mass is 10.1. The highest BCUT2D eigenvalue weighted by Gasteiger charge is 2.31. The van der Waals surface area contributed by atoms with Gasteiger partial charge in [0, 0.05) is 49.4 Å². The number of fused-ring (bicyclic) bond motifs is 1. The Morgan fingerprint density at radius 3 is 3.07 bits per heavy atom. The monoisotopic (exact) mass is 411 g/mol. The Morgan fingerprint density at radius 1 is 1.34 bits per heavy atom. The summed E-state index contributed by atoms with van der Waals surface area (Å²) in [6, 6.07) is 11.7. The minimum atomic E-state index is -0.0663. The second-order valence-electron chi connectivity index (χ2n) is 7.05. The van der Waals surface area contributed by atoms with Crippen LogP contribution in [-0.2, 0) is 11.3 Å². The molecule has 7 nitrogen and oxygen atoms in total. The molecule has 1 aliphatic rings. The standard InChI is InChI=1S/C21H25N5O2S/c1-28-12-11-26-19(24-18-7-4-9-22-20(18)26)15-8-10-25(14-15)21(27)23-16-5-3-6-17(13-16)29-2/h3-7,9,13,15H,8,10-12,14H2,1-2H3,(H,23,27)/t15-/m0/s1. The summed E-state index contributed by atoms with van der Waals surface area (Å²) in [5, 5.41) is 3.02. The fourth-order valence-electron chi connectivity index (χ4n) is 3.75. The van der Waals surface area contributed by atoms with E-state index < -0.39 is 0 Å². The molecular weight excluding hydrogens is 386 g/mol. The van der Waals surface area contributed by atoms with E-state index in [4.69, 9.17) is 9.72 Å². The number of carbonyl (C=O) groups excluding carboxylic acids is 1. The van der Waals surface area contributed by atoms with E-state index in [1.807, 2.05) is 47.6 Å². The smallest absolute Gasteiger partial charge is 0.321 e. The molecule has 1 aliphatic heterocycles. The van der Waals surface area contributed by atoms with E-state index in [0.717, 1.165) is 34.0 Å². The Bertz CT molecular complexity index is 1010. The van der Waals surface area contributed by atoms with Crippen molar-refractivity contribution in [1.29, 1.82) is 0 Å². The van der Waals surface area contributed by atoms with Gasteiger partial charge in [0.05, 0.1) is 6.61 Å². The summed E-state index contributed by atoms with van der Waals surface area (Å²) in [5.74, 6) is 1.17. The molecule has 1 fully saturated rings. The van der Waals surface area contributed by atoms with E-state index in [0.29, 0.717) is 26.2 Å². The fourth-order valence-corrected chi connectivity index (χ4v) is 4.21. The highest BCUT2D eigenvalue weighted by molar-refractivity contribution is 7.98. The topological polar surface area (TPSA) is 72.3 Å². The maximum absolute atomic E-state index is 12.8. The Labute approximate surface area is 174 Å². The second-order valence-corrected chi connectivity index (χ2v) is 7.93. The Kier molecular flexibility index (Phi) is 6.01. The van der Waals surface area contributed by atoms with Gasteiger partial charge in [0.25, 0.3) is 0 Å². The molecule has 4 rings (SSSR count). The Balaban J connectivity index is 1.50. The van der Waals surface area contributed by atoms with Crippen LogP contribution in [-0.4, -0.2) is 58.5 Å².